The molecular weight excluding hydrogens is 340 g/mol. The molecular formula is C14H18N2O3S3. The molecule has 0 aliphatic carbocycles. The Morgan fingerprint density at radius 2 is 2.09 bits per heavy atom. The Hall–Kier alpha value is -0.770. The topological polar surface area (TPSA) is 58.6 Å². The molecule has 0 radical (unpaired) electrons. The first-order valence-electron chi connectivity index (χ1n) is 7.04. The van der Waals surface area contributed by atoms with Crippen LogP contribution in [0.15, 0.2) is 38.5 Å². The predicted octanol–water partition coefficient (Wildman–Crippen LogP) is 2.16. The van der Waals surface area contributed by atoms with Crippen molar-refractivity contribution < 1.29 is 13.2 Å². The molecule has 8 heteroatoms. The van der Waals surface area contributed by atoms with Gasteiger partial charge in [-0.3, -0.25) is 4.90 Å². The number of rotatable bonds is 6. The standard InChI is InChI=1S/C14H18N2O3S3/c17-22(18,14-2-1-8-21-14)15-10-13(12-3-9-20-11-12)16-4-6-19-7-5-16/h1-3,8-9,11,13,15H,4-7,10H2. The van der Waals surface area contributed by atoms with Gasteiger partial charge in [0, 0.05) is 25.7 Å². The van der Waals surface area contributed by atoms with Gasteiger partial charge in [0.05, 0.1) is 13.2 Å². The highest BCUT2D eigenvalue weighted by molar-refractivity contribution is 7.91. The molecule has 1 atom stereocenters. The number of hydrogen-bond donors (Lipinski definition) is 1. The zero-order valence-electron chi connectivity index (χ0n) is 12.0. The van der Waals surface area contributed by atoms with Gasteiger partial charge < -0.3 is 4.74 Å². The molecule has 1 aliphatic heterocycles. The number of nitrogens with zero attached hydrogens (tertiary/aromatic N) is 1. The van der Waals surface area contributed by atoms with Crippen LogP contribution in [-0.4, -0.2) is 46.2 Å². The fourth-order valence-electron chi connectivity index (χ4n) is 2.49. The number of hydrogen-bond acceptors (Lipinski definition) is 6. The van der Waals surface area contributed by atoms with Crippen LogP contribution in [-0.2, 0) is 14.8 Å². The molecule has 1 saturated heterocycles. The molecule has 1 fully saturated rings. The van der Waals surface area contributed by atoms with E-state index in [0.29, 0.717) is 24.0 Å². The second-order valence-electron chi connectivity index (χ2n) is 5.00. The fourth-order valence-corrected chi connectivity index (χ4v) is 5.27. The summed E-state index contributed by atoms with van der Waals surface area (Å²) in [5, 5.41) is 5.88. The lowest BCUT2D eigenvalue weighted by Crippen LogP contribution is -2.43. The van der Waals surface area contributed by atoms with Gasteiger partial charge in [-0.1, -0.05) is 6.07 Å². The molecule has 2 aromatic rings. The van der Waals surface area contributed by atoms with Crippen molar-refractivity contribution in [1.82, 2.24) is 9.62 Å². The Morgan fingerprint density at radius 1 is 1.27 bits per heavy atom. The average Bonchev–Trinajstić information content (AvgIpc) is 3.22. The highest BCUT2D eigenvalue weighted by atomic mass is 32.2. The summed E-state index contributed by atoms with van der Waals surface area (Å²) in [6.07, 6.45) is 0. The number of thiophene rings is 2. The van der Waals surface area contributed by atoms with Gasteiger partial charge in [-0.05, 0) is 33.8 Å². The van der Waals surface area contributed by atoms with Crippen LogP contribution in [0.1, 0.15) is 11.6 Å². The van der Waals surface area contributed by atoms with Crippen LogP contribution in [0.5, 0.6) is 0 Å². The first-order chi connectivity index (χ1) is 10.7. The van der Waals surface area contributed by atoms with Crippen molar-refractivity contribution in [2.24, 2.45) is 0 Å². The molecule has 0 saturated carbocycles. The van der Waals surface area contributed by atoms with Gasteiger partial charge in [-0.25, -0.2) is 13.1 Å². The summed E-state index contributed by atoms with van der Waals surface area (Å²) in [6.45, 7) is 3.40. The van der Waals surface area contributed by atoms with Crippen molar-refractivity contribution in [3.63, 3.8) is 0 Å². The minimum atomic E-state index is -3.43. The van der Waals surface area contributed by atoms with E-state index in [1.807, 2.05) is 5.38 Å². The third-order valence-corrected chi connectivity index (χ3v) is 7.16. The van der Waals surface area contributed by atoms with Crippen LogP contribution in [0.4, 0.5) is 0 Å². The SMILES string of the molecule is O=S(=O)(NCC(c1ccsc1)N1CCOCC1)c1cccs1. The highest BCUT2D eigenvalue weighted by Gasteiger charge is 2.25. The Labute approximate surface area is 138 Å². The van der Waals surface area contributed by atoms with Gasteiger partial charge in [-0.2, -0.15) is 11.3 Å². The summed E-state index contributed by atoms with van der Waals surface area (Å²) in [6, 6.07) is 5.48. The van der Waals surface area contributed by atoms with E-state index >= 15 is 0 Å². The van der Waals surface area contributed by atoms with Gasteiger partial charge in [0.2, 0.25) is 10.0 Å². The molecule has 1 N–H and O–H groups in total. The van der Waals surface area contributed by atoms with Crippen molar-refractivity contribution in [3.8, 4) is 0 Å². The van der Waals surface area contributed by atoms with E-state index in [2.05, 4.69) is 21.1 Å². The largest absolute Gasteiger partial charge is 0.379 e. The summed E-state index contributed by atoms with van der Waals surface area (Å²) in [7, 11) is -3.43. The van der Waals surface area contributed by atoms with Crippen LogP contribution in [0.3, 0.4) is 0 Å². The molecule has 22 heavy (non-hydrogen) atoms. The molecule has 0 aromatic carbocycles. The minimum Gasteiger partial charge on any atom is -0.379 e. The molecule has 120 valence electrons. The normalized spacial score (nSPS) is 18.4. The van der Waals surface area contributed by atoms with E-state index in [-0.39, 0.29) is 6.04 Å². The summed E-state index contributed by atoms with van der Waals surface area (Å²) < 4.78 is 33.1. The summed E-state index contributed by atoms with van der Waals surface area (Å²) >= 11 is 2.86. The third kappa shape index (κ3) is 3.76. The highest BCUT2D eigenvalue weighted by Crippen LogP contribution is 2.24. The van der Waals surface area contributed by atoms with Crippen LogP contribution < -0.4 is 4.72 Å². The van der Waals surface area contributed by atoms with E-state index in [0.717, 1.165) is 18.7 Å². The lowest BCUT2D eigenvalue weighted by atomic mass is 10.1. The molecule has 3 heterocycles. The molecule has 0 spiro atoms. The fraction of sp³-hybridized carbons (Fsp3) is 0.429. The third-order valence-electron chi connectivity index (χ3n) is 3.64. The second kappa shape index (κ2) is 7.20. The van der Waals surface area contributed by atoms with Crippen molar-refractivity contribution in [2.45, 2.75) is 10.3 Å². The summed E-state index contributed by atoms with van der Waals surface area (Å²) in [5.41, 5.74) is 1.15. The lowest BCUT2D eigenvalue weighted by Gasteiger charge is -2.34. The average molecular weight is 359 g/mol. The van der Waals surface area contributed by atoms with Crippen molar-refractivity contribution in [3.05, 3.63) is 39.9 Å². The van der Waals surface area contributed by atoms with Gasteiger partial charge in [-0.15, -0.1) is 11.3 Å². The van der Waals surface area contributed by atoms with Gasteiger partial charge in [0.25, 0.3) is 0 Å². The smallest absolute Gasteiger partial charge is 0.250 e. The van der Waals surface area contributed by atoms with E-state index in [1.165, 1.54) is 11.3 Å². The van der Waals surface area contributed by atoms with Crippen molar-refractivity contribution in [2.75, 3.05) is 32.8 Å². The van der Waals surface area contributed by atoms with Crippen LogP contribution >= 0.6 is 22.7 Å². The van der Waals surface area contributed by atoms with Crippen molar-refractivity contribution >= 4 is 32.7 Å². The Balaban J connectivity index is 1.73. The number of morpholine rings is 1. The zero-order valence-corrected chi connectivity index (χ0v) is 14.4. The predicted molar refractivity (Wildman–Crippen MR) is 89.0 cm³/mol. The molecule has 0 amide bonds. The van der Waals surface area contributed by atoms with Crippen LogP contribution in [0.25, 0.3) is 0 Å². The summed E-state index contributed by atoms with van der Waals surface area (Å²) in [4.78, 5) is 2.28. The van der Waals surface area contributed by atoms with E-state index in [1.54, 1.807) is 28.8 Å². The Morgan fingerprint density at radius 3 is 2.73 bits per heavy atom. The van der Waals surface area contributed by atoms with Crippen LogP contribution in [0, 0.1) is 0 Å². The first-order valence-corrected chi connectivity index (χ1v) is 10.3. The lowest BCUT2D eigenvalue weighted by molar-refractivity contribution is 0.0173. The molecule has 2 aromatic heterocycles. The van der Waals surface area contributed by atoms with Gasteiger partial charge >= 0.3 is 0 Å². The maximum absolute atomic E-state index is 12.3. The number of ether oxygens (including phenoxy) is 1. The molecule has 5 nitrogen and oxygen atoms in total. The van der Waals surface area contributed by atoms with E-state index < -0.39 is 10.0 Å². The maximum atomic E-state index is 12.3. The Bertz CT molecular complexity index is 662. The first kappa shape index (κ1) is 16.1. The van der Waals surface area contributed by atoms with Crippen LogP contribution in [0.2, 0.25) is 0 Å². The minimum absolute atomic E-state index is 0.0462. The molecule has 1 unspecified atom stereocenters. The quantitative estimate of drug-likeness (QED) is 0.860. The number of nitrogens with one attached hydrogen (secondary N) is 1. The number of sulfonamides is 1. The van der Waals surface area contributed by atoms with E-state index in [9.17, 15) is 8.42 Å². The summed E-state index contributed by atoms with van der Waals surface area (Å²) in [5.74, 6) is 0. The van der Waals surface area contributed by atoms with Gasteiger partial charge in [0.1, 0.15) is 4.21 Å². The monoisotopic (exact) mass is 358 g/mol. The maximum Gasteiger partial charge on any atom is 0.250 e. The zero-order chi connectivity index (χ0) is 15.4. The second-order valence-corrected chi connectivity index (χ2v) is 8.73. The Kier molecular flexibility index (Phi) is 5.27. The molecule has 3 rings (SSSR count). The molecule has 0 bridgehead atoms. The van der Waals surface area contributed by atoms with Crippen molar-refractivity contribution in [1.29, 1.82) is 0 Å². The van der Waals surface area contributed by atoms with E-state index in [4.69, 9.17) is 4.74 Å². The van der Waals surface area contributed by atoms with Gasteiger partial charge in [0.15, 0.2) is 0 Å². The molecule has 1 aliphatic rings.